The van der Waals surface area contributed by atoms with E-state index in [4.69, 9.17) is 5.26 Å². The van der Waals surface area contributed by atoms with Gasteiger partial charge in [-0.25, -0.2) is 0 Å². The first-order valence-electron chi connectivity index (χ1n) is 4.90. The predicted octanol–water partition coefficient (Wildman–Crippen LogP) is 1.84. The molecule has 0 saturated heterocycles. The quantitative estimate of drug-likeness (QED) is 0.460. The van der Waals surface area contributed by atoms with Gasteiger partial charge in [0.05, 0.1) is 0 Å². The zero-order valence-electron chi connectivity index (χ0n) is 7.66. The van der Waals surface area contributed by atoms with E-state index in [-0.39, 0.29) is 0 Å². The molecule has 0 spiro atoms. The molecule has 66 valence electrons. The molecule has 0 radical (unpaired) electrons. The first kappa shape index (κ1) is 7.91. The lowest BCUT2D eigenvalue weighted by atomic mass is 9.88. The van der Waals surface area contributed by atoms with E-state index >= 15 is 0 Å². The van der Waals surface area contributed by atoms with E-state index in [2.05, 4.69) is 6.19 Å². The maximum atomic E-state index is 8.64. The number of nitrogens with zero attached hydrogens (tertiary/aromatic N) is 2. The summed E-state index contributed by atoms with van der Waals surface area (Å²) >= 11 is 0. The fourth-order valence-electron chi connectivity index (χ4n) is 2.99. The third-order valence-electron chi connectivity index (χ3n) is 3.56. The molecule has 0 aliphatic heterocycles. The molecular weight excluding hydrogens is 148 g/mol. The van der Waals surface area contributed by atoms with Crippen LogP contribution < -0.4 is 0 Å². The summed E-state index contributed by atoms with van der Waals surface area (Å²) in [4.78, 5) is 1.78. The summed E-state index contributed by atoms with van der Waals surface area (Å²) in [6, 6.07) is 0. The van der Waals surface area contributed by atoms with Crippen molar-refractivity contribution < 1.29 is 0 Å². The summed E-state index contributed by atoms with van der Waals surface area (Å²) in [5.41, 5.74) is 0. The Hall–Kier alpha value is -0.710. The lowest BCUT2D eigenvalue weighted by Crippen LogP contribution is -2.25. The highest BCUT2D eigenvalue weighted by Crippen LogP contribution is 2.48. The molecular formula is C10H16N2. The average molecular weight is 164 g/mol. The third kappa shape index (κ3) is 1.29. The van der Waals surface area contributed by atoms with Gasteiger partial charge in [-0.2, -0.15) is 5.26 Å². The Morgan fingerprint density at radius 1 is 1.42 bits per heavy atom. The van der Waals surface area contributed by atoms with Crippen LogP contribution in [-0.2, 0) is 0 Å². The highest BCUT2D eigenvalue weighted by atomic mass is 15.1. The van der Waals surface area contributed by atoms with Crippen molar-refractivity contribution in [2.45, 2.75) is 25.7 Å². The van der Waals surface area contributed by atoms with Crippen molar-refractivity contribution in [1.29, 1.82) is 5.26 Å². The van der Waals surface area contributed by atoms with E-state index in [1.54, 1.807) is 4.90 Å². The fraction of sp³-hybridized carbons (Fsp3) is 0.900. The van der Waals surface area contributed by atoms with Crippen LogP contribution in [0.1, 0.15) is 25.7 Å². The van der Waals surface area contributed by atoms with Gasteiger partial charge in [0.1, 0.15) is 0 Å². The Morgan fingerprint density at radius 3 is 2.75 bits per heavy atom. The van der Waals surface area contributed by atoms with Gasteiger partial charge >= 0.3 is 0 Å². The summed E-state index contributed by atoms with van der Waals surface area (Å²) in [6.45, 7) is 0.998. The Kier molecular flexibility index (Phi) is 1.96. The van der Waals surface area contributed by atoms with Crippen molar-refractivity contribution in [3.63, 3.8) is 0 Å². The molecule has 2 aliphatic carbocycles. The van der Waals surface area contributed by atoms with Gasteiger partial charge in [0.15, 0.2) is 6.19 Å². The Morgan fingerprint density at radius 2 is 2.25 bits per heavy atom. The van der Waals surface area contributed by atoms with Crippen molar-refractivity contribution in [3.8, 4) is 6.19 Å². The van der Waals surface area contributed by atoms with E-state index in [0.29, 0.717) is 0 Å². The normalized spacial score (nSPS) is 38.2. The lowest BCUT2D eigenvalue weighted by Gasteiger charge is -2.23. The molecule has 0 heterocycles. The molecule has 2 rings (SSSR count). The van der Waals surface area contributed by atoms with Crippen LogP contribution in [0.4, 0.5) is 0 Å². The smallest absolute Gasteiger partial charge is 0.179 e. The second-order valence-corrected chi connectivity index (χ2v) is 4.42. The minimum absolute atomic E-state index is 0.827. The average Bonchev–Trinajstić information content (AvgIpc) is 2.64. The molecule has 2 saturated carbocycles. The van der Waals surface area contributed by atoms with Gasteiger partial charge in [0, 0.05) is 13.6 Å². The largest absolute Gasteiger partial charge is 0.313 e. The molecule has 3 atom stereocenters. The third-order valence-corrected chi connectivity index (χ3v) is 3.56. The second-order valence-electron chi connectivity index (χ2n) is 4.42. The van der Waals surface area contributed by atoms with Crippen molar-refractivity contribution in [3.05, 3.63) is 0 Å². The molecule has 0 N–H and O–H groups in total. The second kappa shape index (κ2) is 2.97. The lowest BCUT2D eigenvalue weighted by molar-refractivity contribution is 0.268. The van der Waals surface area contributed by atoms with Gasteiger partial charge in [0.2, 0.25) is 0 Å². The van der Waals surface area contributed by atoms with E-state index in [0.717, 1.165) is 24.3 Å². The Balaban J connectivity index is 1.87. The maximum absolute atomic E-state index is 8.64. The van der Waals surface area contributed by atoms with Crippen LogP contribution in [0.15, 0.2) is 0 Å². The Bertz CT molecular complexity index is 206. The monoisotopic (exact) mass is 164 g/mol. The minimum Gasteiger partial charge on any atom is -0.313 e. The SMILES string of the molecule is CN(C#N)CC1CC2CCC1C2. The maximum Gasteiger partial charge on any atom is 0.179 e. The zero-order chi connectivity index (χ0) is 8.55. The fourth-order valence-corrected chi connectivity index (χ4v) is 2.99. The molecule has 2 aliphatic rings. The number of hydrogen-bond donors (Lipinski definition) is 0. The van der Waals surface area contributed by atoms with Crippen molar-refractivity contribution in [1.82, 2.24) is 4.90 Å². The highest BCUT2D eigenvalue weighted by Gasteiger charge is 2.39. The van der Waals surface area contributed by atoms with E-state index in [9.17, 15) is 0 Å². The first-order valence-corrected chi connectivity index (χ1v) is 4.90. The van der Waals surface area contributed by atoms with Gasteiger partial charge < -0.3 is 4.90 Å². The van der Waals surface area contributed by atoms with Crippen LogP contribution >= 0.6 is 0 Å². The summed E-state index contributed by atoms with van der Waals surface area (Å²) in [6.07, 6.45) is 7.90. The summed E-state index contributed by atoms with van der Waals surface area (Å²) in [5, 5.41) is 8.64. The van der Waals surface area contributed by atoms with Gasteiger partial charge in [-0.15, -0.1) is 0 Å². The van der Waals surface area contributed by atoms with Crippen LogP contribution in [0.2, 0.25) is 0 Å². The Labute approximate surface area is 74.2 Å². The molecule has 0 aromatic carbocycles. The standard InChI is InChI=1S/C10H16N2/c1-12(7-11)6-10-5-8-2-3-9(10)4-8/h8-10H,2-6H2,1H3. The number of nitriles is 1. The van der Waals surface area contributed by atoms with Gasteiger partial charge in [-0.3, -0.25) is 0 Å². The van der Waals surface area contributed by atoms with E-state index in [1.165, 1.54) is 25.7 Å². The molecule has 2 fully saturated rings. The van der Waals surface area contributed by atoms with Crippen molar-refractivity contribution in [2.75, 3.05) is 13.6 Å². The minimum atomic E-state index is 0.827. The number of fused-ring (bicyclic) bond motifs is 2. The number of hydrogen-bond acceptors (Lipinski definition) is 2. The van der Waals surface area contributed by atoms with E-state index < -0.39 is 0 Å². The van der Waals surface area contributed by atoms with Crippen molar-refractivity contribution >= 4 is 0 Å². The molecule has 2 nitrogen and oxygen atoms in total. The topological polar surface area (TPSA) is 27.0 Å². The molecule has 0 aromatic rings. The molecule has 12 heavy (non-hydrogen) atoms. The molecule has 2 heteroatoms. The molecule has 0 amide bonds. The van der Waals surface area contributed by atoms with Crippen LogP contribution in [0.3, 0.4) is 0 Å². The number of rotatable bonds is 2. The molecule has 3 unspecified atom stereocenters. The summed E-state index contributed by atoms with van der Waals surface area (Å²) < 4.78 is 0. The van der Waals surface area contributed by atoms with Crippen molar-refractivity contribution in [2.24, 2.45) is 17.8 Å². The summed E-state index contributed by atoms with van der Waals surface area (Å²) in [5.74, 6) is 2.78. The predicted molar refractivity (Wildman–Crippen MR) is 47.2 cm³/mol. The van der Waals surface area contributed by atoms with Crippen LogP contribution in [0.5, 0.6) is 0 Å². The first-order chi connectivity index (χ1) is 5.79. The van der Waals surface area contributed by atoms with Crippen LogP contribution in [0.25, 0.3) is 0 Å². The van der Waals surface area contributed by atoms with Gasteiger partial charge in [-0.05, 0) is 37.0 Å². The highest BCUT2D eigenvalue weighted by molar-refractivity contribution is 4.92. The zero-order valence-corrected chi connectivity index (χ0v) is 7.66. The van der Waals surface area contributed by atoms with Crippen LogP contribution in [0, 0.1) is 29.2 Å². The van der Waals surface area contributed by atoms with Crippen LogP contribution in [-0.4, -0.2) is 18.5 Å². The molecule has 2 bridgehead atoms. The molecule has 0 aromatic heterocycles. The van der Waals surface area contributed by atoms with Gasteiger partial charge in [0.25, 0.3) is 0 Å². The van der Waals surface area contributed by atoms with Gasteiger partial charge in [-0.1, -0.05) is 6.42 Å². The summed E-state index contributed by atoms with van der Waals surface area (Å²) in [7, 11) is 1.89. The van der Waals surface area contributed by atoms with E-state index in [1.807, 2.05) is 7.05 Å².